The van der Waals surface area contributed by atoms with Crippen LogP contribution in [-0.2, 0) is 4.74 Å². The van der Waals surface area contributed by atoms with E-state index in [0.717, 1.165) is 0 Å². The van der Waals surface area contributed by atoms with Gasteiger partial charge in [0.15, 0.2) is 6.29 Å². The molecular weight excluding hydrogens is 227 g/mol. The van der Waals surface area contributed by atoms with Crippen LogP contribution in [0.1, 0.15) is 18.1 Å². The van der Waals surface area contributed by atoms with Crippen LogP contribution in [0, 0.1) is 11.7 Å². The smallest absolute Gasteiger partial charge is 0.155 e. The fourth-order valence-corrected chi connectivity index (χ4v) is 2.14. The molecule has 3 unspecified atom stereocenters. The highest BCUT2D eigenvalue weighted by atomic mass is 19.1. The minimum Gasteiger partial charge on any atom is -0.496 e. The van der Waals surface area contributed by atoms with Gasteiger partial charge in [0.1, 0.15) is 11.6 Å². The minimum absolute atomic E-state index is 0.124. The Morgan fingerprint density at radius 3 is 2.94 bits per heavy atom. The summed E-state index contributed by atoms with van der Waals surface area (Å²) in [6.07, 6.45) is -1.13. The second kappa shape index (κ2) is 5.00. The molecule has 2 N–H and O–H groups in total. The lowest BCUT2D eigenvalue weighted by molar-refractivity contribution is -0.0947. The first-order valence-electron chi connectivity index (χ1n) is 5.43. The molecule has 0 aromatic heterocycles. The average Bonchev–Trinajstić information content (AvgIpc) is 2.70. The Hall–Kier alpha value is -1.17. The van der Waals surface area contributed by atoms with Gasteiger partial charge in [0, 0.05) is 24.5 Å². The summed E-state index contributed by atoms with van der Waals surface area (Å²) in [7, 11) is 1.48. The second-order valence-corrected chi connectivity index (χ2v) is 4.08. The summed E-state index contributed by atoms with van der Waals surface area (Å²) in [6, 6.07) is 4.11. The SMILES string of the molecule is COc1ccc(F)cc1C1OC(O)CC1CO. The van der Waals surface area contributed by atoms with Gasteiger partial charge in [-0.15, -0.1) is 0 Å². The molecule has 17 heavy (non-hydrogen) atoms. The third-order valence-electron chi connectivity index (χ3n) is 2.97. The zero-order valence-corrected chi connectivity index (χ0v) is 9.47. The lowest BCUT2D eigenvalue weighted by atomic mass is 9.95. The van der Waals surface area contributed by atoms with Gasteiger partial charge >= 0.3 is 0 Å². The van der Waals surface area contributed by atoms with Crippen LogP contribution in [0.2, 0.25) is 0 Å². The number of hydrogen-bond donors (Lipinski definition) is 2. The van der Waals surface area contributed by atoms with Crippen molar-refractivity contribution in [2.24, 2.45) is 5.92 Å². The van der Waals surface area contributed by atoms with Crippen molar-refractivity contribution in [1.82, 2.24) is 0 Å². The van der Waals surface area contributed by atoms with Gasteiger partial charge in [-0.25, -0.2) is 4.39 Å². The van der Waals surface area contributed by atoms with Crippen LogP contribution in [0.15, 0.2) is 18.2 Å². The number of aliphatic hydroxyl groups is 2. The molecule has 0 saturated carbocycles. The zero-order valence-electron chi connectivity index (χ0n) is 9.47. The Balaban J connectivity index is 2.35. The van der Waals surface area contributed by atoms with Crippen LogP contribution >= 0.6 is 0 Å². The summed E-state index contributed by atoms with van der Waals surface area (Å²) in [6.45, 7) is -0.124. The highest BCUT2D eigenvalue weighted by Gasteiger charge is 2.36. The molecule has 1 aromatic carbocycles. The van der Waals surface area contributed by atoms with E-state index in [4.69, 9.17) is 9.47 Å². The van der Waals surface area contributed by atoms with E-state index >= 15 is 0 Å². The summed E-state index contributed by atoms with van der Waals surface area (Å²) in [5.41, 5.74) is 0.517. The van der Waals surface area contributed by atoms with Crippen LogP contribution in [0.25, 0.3) is 0 Å². The Morgan fingerprint density at radius 1 is 1.53 bits per heavy atom. The van der Waals surface area contributed by atoms with E-state index in [1.165, 1.54) is 25.3 Å². The normalized spacial score (nSPS) is 28.4. The fourth-order valence-electron chi connectivity index (χ4n) is 2.14. The molecule has 0 bridgehead atoms. The zero-order chi connectivity index (χ0) is 12.4. The monoisotopic (exact) mass is 242 g/mol. The van der Waals surface area contributed by atoms with Crippen LogP contribution in [0.5, 0.6) is 5.75 Å². The van der Waals surface area contributed by atoms with Crippen molar-refractivity contribution in [3.63, 3.8) is 0 Å². The molecule has 94 valence electrons. The number of hydrogen-bond acceptors (Lipinski definition) is 4. The molecule has 4 nitrogen and oxygen atoms in total. The van der Waals surface area contributed by atoms with Crippen molar-refractivity contribution in [3.05, 3.63) is 29.6 Å². The maximum absolute atomic E-state index is 13.2. The standard InChI is InChI=1S/C12H15FO4/c1-16-10-3-2-8(13)5-9(10)12-7(6-14)4-11(15)17-12/h2-3,5,7,11-12,14-15H,4,6H2,1H3. The minimum atomic E-state index is -0.926. The topological polar surface area (TPSA) is 58.9 Å². The summed E-state index contributed by atoms with van der Waals surface area (Å²) in [5.74, 6) is -0.160. The van der Waals surface area contributed by atoms with Crippen LogP contribution in [0.4, 0.5) is 4.39 Å². The van der Waals surface area contributed by atoms with Crippen LogP contribution in [0.3, 0.4) is 0 Å². The molecule has 0 amide bonds. The third-order valence-corrected chi connectivity index (χ3v) is 2.97. The first-order chi connectivity index (χ1) is 8.15. The maximum Gasteiger partial charge on any atom is 0.155 e. The van der Waals surface area contributed by atoms with Crippen molar-refractivity contribution in [3.8, 4) is 5.75 Å². The molecule has 1 aliphatic rings. The Bertz CT molecular complexity index is 396. The van der Waals surface area contributed by atoms with Crippen LogP contribution in [-0.4, -0.2) is 30.2 Å². The second-order valence-electron chi connectivity index (χ2n) is 4.08. The molecule has 1 saturated heterocycles. The molecule has 1 aromatic rings. The first-order valence-corrected chi connectivity index (χ1v) is 5.43. The van der Waals surface area contributed by atoms with Gasteiger partial charge in [-0.2, -0.15) is 0 Å². The quantitative estimate of drug-likeness (QED) is 0.836. The summed E-state index contributed by atoms with van der Waals surface area (Å²) >= 11 is 0. The van der Waals surface area contributed by atoms with E-state index in [-0.39, 0.29) is 12.5 Å². The molecule has 5 heteroatoms. The van der Waals surface area contributed by atoms with E-state index in [1.807, 2.05) is 0 Å². The van der Waals surface area contributed by atoms with Gasteiger partial charge in [0.05, 0.1) is 13.2 Å². The first kappa shape index (κ1) is 12.3. The van der Waals surface area contributed by atoms with Gasteiger partial charge in [0.25, 0.3) is 0 Å². The van der Waals surface area contributed by atoms with E-state index in [1.54, 1.807) is 0 Å². The van der Waals surface area contributed by atoms with Crippen molar-refractivity contribution in [2.75, 3.05) is 13.7 Å². The average molecular weight is 242 g/mol. The lowest BCUT2D eigenvalue weighted by Crippen LogP contribution is -2.12. The van der Waals surface area contributed by atoms with Crippen molar-refractivity contribution < 1.29 is 24.1 Å². The summed E-state index contributed by atoms with van der Waals surface area (Å²) < 4.78 is 23.7. The fraction of sp³-hybridized carbons (Fsp3) is 0.500. The molecule has 0 aliphatic carbocycles. The summed E-state index contributed by atoms with van der Waals surface area (Å²) in [4.78, 5) is 0. The van der Waals surface area contributed by atoms with Gasteiger partial charge in [-0.1, -0.05) is 0 Å². The van der Waals surface area contributed by atoms with Gasteiger partial charge in [0.2, 0.25) is 0 Å². The molecular formula is C12H15FO4. The molecule has 3 atom stereocenters. The molecule has 0 spiro atoms. The van der Waals surface area contributed by atoms with E-state index < -0.39 is 18.2 Å². The number of halogens is 1. The number of aliphatic hydroxyl groups excluding tert-OH is 2. The number of ether oxygens (including phenoxy) is 2. The summed E-state index contributed by atoms with van der Waals surface area (Å²) in [5, 5.41) is 18.7. The highest BCUT2D eigenvalue weighted by Crippen LogP contribution is 2.41. The van der Waals surface area contributed by atoms with Crippen molar-refractivity contribution in [1.29, 1.82) is 0 Å². The predicted molar refractivity (Wildman–Crippen MR) is 58.0 cm³/mol. The highest BCUT2D eigenvalue weighted by molar-refractivity contribution is 5.36. The number of rotatable bonds is 3. The van der Waals surface area contributed by atoms with Crippen LogP contribution < -0.4 is 4.74 Å². The van der Waals surface area contributed by atoms with Crippen molar-refractivity contribution in [2.45, 2.75) is 18.8 Å². The Labute approximate surface area is 98.6 Å². The number of benzene rings is 1. The molecule has 1 heterocycles. The van der Waals surface area contributed by atoms with Gasteiger partial charge in [-0.3, -0.25) is 0 Å². The molecule has 0 radical (unpaired) electrons. The van der Waals surface area contributed by atoms with E-state index in [0.29, 0.717) is 17.7 Å². The van der Waals surface area contributed by atoms with E-state index in [9.17, 15) is 14.6 Å². The third kappa shape index (κ3) is 2.41. The molecule has 2 rings (SSSR count). The lowest BCUT2D eigenvalue weighted by Gasteiger charge is -2.19. The molecule has 1 fully saturated rings. The van der Waals surface area contributed by atoms with Crippen molar-refractivity contribution >= 4 is 0 Å². The number of methoxy groups -OCH3 is 1. The largest absolute Gasteiger partial charge is 0.496 e. The van der Waals surface area contributed by atoms with Gasteiger partial charge in [-0.05, 0) is 18.2 Å². The van der Waals surface area contributed by atoms with Gasteiger partial charge < -0.3 is 19.7 Å². The van der Waals surface area contributed by atoms with E-state index in [2.05, 4.69) is 0 Å². The Morgan fingerprint density at radius 2 is 2.29 bits per heavy atom. The molecule has 1 aliphatic heterocycles. The maximum atomic E-state index is 13.2. The Kier molecular flexibility index (Phi) is 3.61. The predicted octanol–water partition coefficient (Wildman–Crippen LogP) is 1.22.